The van der Waals surface area contributed by atoms with Crippen LogP contribution in [0.4, 0.5) is 15.1 Å². The average Bonchev–Trinajstić information content (AvgIpc) is 3.27. The van der Waals surface area contributed by atoms with Crippen LogP contribution < -0.4 is 10.5 Å². The van der Waals surface area contributed by atoms with E-state index in [0.29, 0.717) is 52.9 Å². The predicted molar refractivity (Wildman–Crippen MR) is 132 cm³/mol. The third-order valence-electron chi connectivity index (χ3n) is 6.38. The molecule has 2 aromatic heterocycles. The topological polar surface area (TPSA) is 124 Å². The number of nitrogens with one attached hydrogen (secondary N) is 2. The van der Waals surface area contributed by atoms with E-state index >= 15 is 0 Å². The Labute approximate surface area is 203 Å². The summed E-state index contributed by atoms with van der Waals surface area (Å²) in [7, 11) is 0. The summed E-state index contributed by atoms with van der Waals surface area (Å²) in [6, 6.07) is 17.0. The summed E-state index contributed by atoms with van der Waals surface area (Å²) in [6.45, 7) is 0.623. The quantitative estimate of drug-likeness (QED) is 0.345. The molecule has 10 heteroatoms. The van der Waals surface area contributed by atoms with Crippen LogP contribution in [-0.4, -0.2) is 50.6 Å². The third-order valence-corrected chi connectivity index (χ3v) is 6.38. The van der Waals surface area contributed by atoms with Crippen LogP contribution in [-0.2, 0) is 11.2 Å². The molecule has 3 heterocycles. The van der Waals surface area contributed by atoms with Crippen molar-refractivity contribution in [2.24, 2.45) is 0 Å². The van der Waals surface area contributed by atoms with Gasteiger partial charge in [0.1, 0.15) is 5.82 Å². The molecule has 9 nitrogen and oxygen atoms in total. The second-order valence-corrected chi connectivity index (χ2v) is 8.67. The van der Waals surface area contributed by atoms with Crippen molar-refractivity contribution in [1.82, 2.24) is 20.2 Å². The molecule has 6 rings (SSSR count). The molecule has 0 radical (unpaired) electrons. The summed E-state index contributed by atoms with van der Waals surface area (Å²) in [5.74, 6) is -0.191. The third kappa shape index (κ3) is 3.77. The van der Waals surface area contributed by atoms with Gasteiger partial charge in [0.15, 0.2) is 0 Å². The van der Waals surface area contributed by atoms with Gasteiger partial charge in [0.05, 0.1) is 41.4 Å². The molecule has 0 spiro atoms. The highest BCUT2D eigenvalue weighted by Gasteiger charge is 2.33. The number of carboxylic acid groups (broad SMARTS) is 1. The standard InChI is InChI=1S/C26H20FN5O4/c27-20-7-5-14(10-22-17-3-1-2-4-18(17)24(33)31-30-22)9-19(20)15-6-8-21-23(11-15)29-25(28-21)32(26(34)35)16-12-36-13-16/h1-9,11,16H,10,12-13H2,(H,28,29)(H,31,33)(H,34,35). The number of ether oxygens (including phenoxy) is 1. The number of fused-ring (bicyclic) bond motifs is 2. The normalized spacial score (nSPS) is 13.7. The highest BCUT2D eigenvalue weighted by Crippen LogP contribution is 2.30. The maximum atomic E-state index is 14.9. The molecule has 0 aliphatic carbocycles. The van der Waals surface area contributed by atoms with Crippen LogP contribution in [0.15, 0.2) is 65.5 Å². The number of aromatic nitrogens is 4. The minimum atomic E-state index is -1.12. The van der Waals surface area contributed by atoms with Gasteiger partial charge in [0.2, 0.25) is 5.95 Å². The second kappa shape index (κ2) is 8.58. The van der Waals surface area contributed by atoms with E-state index in [-0.39, 0.29) is 17.5 Å². The molecule has 3 N–H and O–H groups in total. The lowest BCUT2D eigenvalue weighted by Crippen LogP contribution is -2.52. The minimum Gasteiger partial charge on any atom is -0.465 e. The summed E-state index contributed by atoms with van der Waals surface area (Å²) < 4.78 is 20.0. The second-order valence-electron chi connectivity index (χ2n) is 8.67. The van der Waals surface area contributed by atoms with Gasteiger partial charge in [0, 0.05) is 17.4 Å². The molecule has 1 amide bonds. The van der Waals surface area contributed by atoms with E-state index in [0.717, 1.165) is 15.8 Å². The molecule has 0 bridgehead atoms. The average molecular weight is 485 g/mol. The Morgan fingerprint density at radius 3 is 2.67 bits per heavy atom. The van der Waals surface area contributed by atoms with Gasteiger partial charge in [-0.25, -0.2) is 24.2 Å². The van der Waals surface area contributed by atoms with Crippen molar-refractivity contribution >= 4 is 33.8 Å². The molecule has 0 saturated carbocycles. The van der Waals surface area contributed by atoms with Crippen molar-refractivity contribution in [1.29, 1.82) is 0 Å². The summed E-state index contributed by atoms with van der Waals surface area (Å²) in [5, 5.41) is 17.7. The lowest BCUT2D eigenvalue weighted by atomic mass is 9.98. The Kier molecular flexibility index (Phi) is 5.23. The molecule has 5 aromatic rings. The molecule has 3 aromatic carbocycles. The predicted octanol–water partition coefficient (Wildman–Crippen LogP) is 4.08. The van der Waals surface area contributed by atoms with E-state index in [2.05, 4.69) is 20.2 Å². The number of H-pyrrole nitrogens is 2. The van der Waals surface area contributed by atoms with Crippen molar-refractivity contribution in [3.8, 4) is 11.1 Å². The van der Waals surface area contributed by atoms with E-state index in [9.17, 15) is 19.1 Å². The monoisotopic (exact) mass is 485 g/mol. The first-order valence-electron chi connectivity index (χ1n) is 11.3. The van der Waals surface area contributed by atoms with Crippen LogP contribution >= 0.6 is 0 Å². The SMILES string of the molecule is O=C(O)N(c1nc2ccc(-c3cc(Cc4n[nH]c(=O)c5ccccc45)ccc3F)cc2[nH]1)C1COC1. The lowest BCUT2D eigenvalue weighted by molar-refractivity contribution is 0.00850. The number of amides is 1. The Morgan fingerprint density at radius 2 is 1.92 bits per heavy atom. The zero-order valence-corrected chi connectivity index (χ0v) is 18.9. The number of hydrogen-bond acceptors (Lipinski definition) is 5. The Bertz CT molecular complexity index is 1690. The number of anilines is 1. The van der Waals surface area contributed by atoms with E-state index in [1.165, 1.54) is 6.07 Å². The van der Waals surface area contributed by atoms with Gasteiger partial charge in [-0.1, -0.05) is 30.3 Å². The molecule has 1 aliphatic rings. The molecule has 1 fully saturated rings. The number of hydrogen-bond donors (Lipinski definition) is 3. The van der Waals surface area contributed by atoms with E-state index in [1.807, 2.05) is 12.1 Å². The van der Waals surface area contributed by atoms with Gasteiger partial charge < -0.3 is 14.8 Å². The number of nitrogens with zero attached hydrogens (tertiary/aromatic N) is 3. The number of rotatable bonds is 5. The van der Waals surface area contributed by atoms with Gasteiger partial charge in [-0.3, -0.25) is 4.79 Å². The van der Waals surface area contributed by atoms with Crippen LogP contribution in [0, 0.1) is 5.82 Å². The smallest absolute Gasteiger partial charge is 0.414 e. The molecule has 1 aliphatic heterocycles. The van der Waals surface area contributed by atoms with Crippen molar-refractivity contribution in [3.05, 3.63) is 88.1 Å². The van der Waals surface area contributed by atoms with Crippen LogP contribution in [0.25, 0.3) is 32.9 Å². The Hall–Kier alpha value is -4.57. The van der Waals surface area contributed by atoms with E-state index < -0.39 is 11.9 Å². The summed E-state index contributed by atoms with van der Waals surface area (Å²) in [5.41, 5.74) is 3.42. The maximum absolute atomic E-state index is 14.9. The van der Waals surface area contributed by atoms with Crippen LogP contribution in [0.1, 0.15) is 11.3 Å². The number of aromatic amines is 2. The first kappa shape index (κ1) is 21.9. The van der Waals surface area contributed by atoms with Gasteiger partial charge in [0.25, 0.3) is 5.56 Å². The number of benzene rings is 3. The summed E-state index contributed by atoms with van der Waals surface area (Å²) in [6.07, 6.45) is -0.720. The van der Waals surface area contributed by atoms with Crippen molar-refractivity contribution in [2.45, 2.75) is 12.5 Å². The van der Waals surface area contributed by atoms with Gasteiger partial charge >= 0.3 is 6.09 Å². The van der Waals surface area contributed by atoms with Crippen LogP contribution in [0.2, 0.25) is 0 Å². The van der Waals surface area contributed by atoms with Gasteiger partial charge in [-0.15, -0.1) is 0 Å². The highest BCUT2D eigenvalue weighted by atomic mass is 19.1. The van der Waals surface area contributed by atoms with Crippen molar-refractivity contribution < 1.29 is 19.0 Å². The summed E-state index contributed by atoms with van der Waals surface area (Å²) >= 11 is 0. The molecule has 0 atom stereocenters. The zero-order chi connectivity index (χ0) is 24.8. The molecule has 180 valence electrons. The minimum absolute atomic E-state index is 0.202. The largest absolute Gasteiger partial charge is 0.465 e. The first-order chi connectivity index (χ1) is 17.5. The summed E-state index contributed by atoms with van der Waals surface area (Å²) in [4.78, 5) is 32.5. The molecule has 36 heavy (non-hydrogen) atoms. The van der Waals surface area contributed by atoms with Crippen LogP contribution in [0.3, 0.4) is 0 Å². The number of imidazole rings is 1. The Morgan fingerprint density at radius 1 is 1.11 bits per heavy atom. The fourth-order valence-electron chi connectivity index (χ4n) is 4.47. The zero-order valence-electron chi connectivity index (χ0n) is 18.9. The Balaban J connectivity index is 1.36. The fourth-order valence-corrected chi connectivity index (χ4v) is 4.47. The van der Waals surface area contributed by atoms with Crippen molar-refractivity contribution in [2.75, 3.05) is 18.1 Å². The first-order valence-corrected chi connectivity index (χ1v) is 11.3. The molecule has 1 saturated heterocycles. The lowest BCUT2D eigenvalue weighted by Gasteiger charge is -2.33. The molecule has 0 unspecified atom stereocenters. The molecular formula is C26H20FN5O4. The number of halogens is 1. The fraction of sp³-hybridized carbons (Fsp3) is 0.154. The van der Waals surface area contributed by atoms with E-state index in [4.69, 9.17) is 4.74 Å². The molecular weight excluding hydrogens is 465 g/mol. The van der Waals surface area contributed by atoms with E-state index in [1.54, 1.807) is 42.5 Å². The van der Waals surface area contributed by atoms with Gasteiger partial charge in [-0.2, -0.15) is 5.10 Å². The van der Waals surface area contributed by atoms with Gasteiger partial charge in [-0.05, 0) is 41.5 Å². The maximum Gasteiger partial charge on any atom is 0.414 e. The van der Waals surface area contributed by atoms with Crippen molar-refractivity contribution in [3.63, 3.8) is 0 Å². The van der Waals surface area contributed by atoms with Crippen LogP contribution in [0.5, 0.6) is 0 Å². The number of carbonyl (C=O) groups is 1. The highest BCUT2D eigenvalue weighted by molar-refractivity contribution is 5.90.